The van der Waals surface area contributed by atoms with Gasteiger partial charge in [-0.15, -0.1) is 5.10 Å². The number of likely N-dealkylation sites (tertiary alicyclic amines) is 2. The summed E-state index contributed by atoms with van der Waals surface area (Å²) in [6.07, 6.45) is 8.24. The summed E-state index contributed by atoms with van der Waals surface area (Å²) in [5.74, 6) is 0.169. The molecule has 20 heavy (non-hydrogen) atoms. The zero-order valence-corrected chi connectivity index (χ0v) is 12.2. The van der Waals surface area contributed by atoms with E-state index in [4.69, 9.17) is 0 Å². The van der Waals surface area contributed by atoms with Gasteiger partial charge in [0, 0.05) is 31.2 Å². The van der Waals surface area contributed by atoms with Crippen molar-refractivity contribution in [3.63, 3.8) is 0 Å². The fourth-order valence-corrected chi connectivity index (χ4v) is 3.76. The molecule has 6 heteroatoms. The Morgan fingerprint density at radius 2 is 2.05 bits per heavy atom. The maximum Gasteiger partial charge on any atom is 0.244 e. The third kappa shape index (κ3) is 2.85. The average molecular weight is 277 g/mol. The second kappa shape index (κ2) is 5.52. The van der Waals surface area contributed by atoms with Gasteiger partial charge in [-0.1, -0.05) is 5.21 Å². The molecule has 3 heterocycles. The van der Waals surface area contributed by atoms with Gasteiger partial charge in [0.25, 0.3) is 0 Å². The molecule has 0 aliphatic carbocycles. The molecule has 0 radical (unpaired) electrons. The van der Waals surface area contributed by atoms with Gasteiger partial charge in [-0.05, 0) is 39.3 Å². The number of piperidine rings is 2. The van der Waals surface area contributed by atoms with Crippen LogP contribution in [-0.2, 0) is 11.3 Å². The van der Waals surface area contributed by atoms with Crippen molar-refractivity contribution in [1.29, 1.82) is 0 Å². The second-order valence-corrected chi connectivity index (χ2v) is 6.36. The first-order valence-electron chi connectivity index (χ1n) is 7.47. The average Bonchev–Trinajstić information content (AvgIpc) is 2.91. The predicted octanol–water partition coefficient (Wildman–Crippen LogP) is 0.612. The first-order chi connectivity index (χ1) is 9.67. The number of nitrogens with zero attached hydrogens (tertiary/aromatic N) is 5. The number of carbonyl (C=O) groups excluding carboxylic acids is 1. The highest BCUT2D eigenvalue weighted by atomic mass is 16.2. The van der Waals surface area contributed by atoms with Crippen LogP contribution in [0.2, 0.25) is 0 Å². The fraction of sp³-hybridized carbons (Fsp3) is 0.786. The van der Waals surface area contributed by atoms with Gasteiger partial charge in [0.15, 0.2) is 0 Å². The Labute approximate surface area is 119 Å². The molecule has 1 amide bonds. The van der Waals surface area contributed by atoms with E-state index < -0.39 is 0 Å². The monoisotopic (exact) mass is 277 g/mol. The summed E-state index contributed by atoms with van der Waals surface area (Å²) in [7, 11) is 2.19. The highest BCUT2D eigenvalue weighted by molar-refractivity contribution is 5.76. The van der Waals surface area contributed by atoms with Crippen LogP contribution in [0.25, 0.3) is 0 Å². The van der Waals surface area contributed by atoms with Gasteiger partial charge in [0.1, 0.15) is 6.54 Å². The van der Waals surface area contributed by atoms with Gasteiger partial charge in [-0.2, -0.15) is 0 Å². The lowest BCUT2D eigenvalue weighted by Crippen LogP contribution is -2.53. The summed E-state index contributed by atoms with van der Waals surface area (Å²) < 4.78 is 1.61. The molecule has 2 fully saturated rings. The Hall–Kier alpha value is -1.43. The van der Waals surface area contributed by atoms with Crippen molar-refractivity contribution in [1.82, 2.24) is 24.8 Å². The van der Waals surface area contributed by atoms with E-state index in [9.17, 15) is 4.79 Å². The quantitative estimate of drug-likeness (QED) is 0.795. The van der Waals surface area contributed by atoms with Crippen LogP contribution in [0.1, 0.15) is 25.7 Å². The van der Waals surface area contributed by atoms with Crippen molar-refractivity contribution in [3.8, 4) is 0 Å². The third-order valence-electron chi connectivity index (χ3n) is 4.64. The summed E-state index contributed by atoms with van der Waals surface area (Å²) >= 11 is 0. The Balaban J connectivity index is 1.64. The summed E-state index contributed by atoms with van der Waals surface area (Å²) in [5, 5.41) is 7.63. The minimum atomic E-state index is 0.169. The van der Waals surface area contributed by atoms with Crippen LogP contribution in [-0.4, -0.2) is 63.9 Å². The largest absolute Gasteiger partial charge is 0.340 e. The zero-order valence-electron chi connectivity index (χ0n) is 12.2. The fourth-order valence-electron chi connectivity index (χ4n) is 3.76. The molecule has 3 rings (SSSR count). The minimum Gasteiger partial charge on any atom is -0.340 e. The van der Waals surface area contributed by atoms with Crippen molar-refractivity contribution in [2.24, 2.45) is 5.41 Å². The van der Waals surface area contributed by atoms with E-state index in [0.29, 0.717) is 12.0 Å². The number of hydrogen-bond donors (Lipinski definition) is 0. The normalized spacial score (nSPS) is 27.9. The van der Waals surface area contributed by atoms with Crippen LogP contribution in [0, 0.1) is 5.41 Å². The highest BCUT2D eigenvalue weighted by Gasteiger charge is 2.39. The maximum absolute atomic E-state index is 12.4. The molecule has 6 nitrogen and oxygen atoms in total. The molecule has 0 saturated carbocycles. The van der Waals surface area contributed by atoms with Crippen LogP contribution in [0.4, 0.5) is 0 Å². The first-order valence-corrected chi connectivity index (χ1v) is 7.47. The molecule has 0 bridgehead atoms. The highest BCUT2D eigenvalue weighted by Crippen LogP contribution is 2.38. The number of rotatable bonds is 2. The molecule has 1 aromatic rings. The van der Waals surface area contributed by atoms with Crippen LogP contribution in [0.5, 0.6) is 0 Å². The minimum absolute atomic E-state index is 0.169. The smallest absolute Gasteiger partial charge is 0.244 e. The standard InChI is InChI=1S/C14H23N5O/c1-17-7-2-4-14(11-17)5-3-8-18(12-14)13(20)10-19-9-6-15-16-19/h6,9H,2-5,7-8,10-12H2,1H3/t14-/m1/s1. The zero-order chi connectivity index (χ0) is 14.0. The van der Waals surface area contributed by atoms with E-state index in [2.05, 4.69) is 22.3 Å². The maximum atomic E-state index is 12.4. The van der Waals surface area contributed by atoms with E-state index in [0.717, 1.165) is 26.1 Å². The van der Waals surface area contributed by atoms with E-state index in [1.54, 1.807) is 17.1 Å². The lowest BCUT2D eigenvalue weighted by atomic mass is 9.74. The Morgan fingerprint density at radius 3 is 2.75 bits per heavy atom. The molecular weight excluding hydrogens is 254 g/mol. The summed E-state index contributed by atoms with van der Waals surface area (Å²) in [6, 6.07) is 0. The van der Waals surface area contributed by atoms with Crippen molar-refractivity contribution in [2.75, 3.05) is 33.2 Å². The van der Waals surface area contributed by atoms with Gasteiger partial charge < -0.3 is 9.80 Å². The van der Waals surface area contributed by atoms with Gasteiger partial charge in [-0.3, -0.25) is 4.79 Å². The lowest BCUT2D eigenvalue weighted by Gasteiger charge is -2.47. The van der Waals surface area contributed by atoms with Crippen LogP contribution >= 0.6 is 0 Å². The Kier molecular flexibility index (Phi) is 3.74. The molecule has 0 unspecified atom stereocenters. The second-order valence-electron chi connectivity index (χ2n) is 6.36. The van der Waals surface area contributed by atoms with E-state index in [-0.39, 0.29) is 5.91 Å². The molecule has 0 N–H and O–H groups in total. The molecule has 2 aliphatic heterocycles. The molecule has 2 saturated heterocycles. The SMILES string of the molecule is CN1CCC[C@@]2(CCCN(C(=O)Cn3ccnn3)C2)C1. The molecule has 1 atom stereocenters. The van der Waals surface area contributed by atoms with Gasteiger partial charge in [0.05, 0.1) is 6.20 Å². The molecule has 2 aliphatic rings. The molecule has 1 spiro atoms. The topological polar surface area (TPSA) is 54.3 Å². The number of amides is 1. The molecule has 110 valence electrons. The summed E-state index contributed by atoms with van der Waals surface area (Å²) in [6.45, 7) is 4.42. The summed E-state index contributed by atoms with van der Waals surface area (Å²) in [5.41, 5.74) is 0.323. The Morgan fingerprint density at radius 1 is 1.25 bits per heavy atom. The summed E-state index contributed by atoms with van der Waals surface area (Å²) in [4.78, 5) is 16.8. The van der Waals surface area contributed by atoms with Crippen LogP contribution < -0.4 is 0 Å². The Bertz CT molecular complexity index is 456. The van der Waals surface area contributed by atoms with Crippen LogP contribution in [0.15, 0.2) is 12.4 Å². The first kappa shape index (κ1) is 13.5. The number of aromatic nitrogens is 3. The predicted molar refractivity (Wildman–Crippen MR) is 75.0 cm³/mol. The van der Waals surface area contributed by atoms with Crippen molar-refractivity contribution in [2.45, 2.75) is 32.2 Å². The van der Waals surface area contributed by atoms with Gasteiger partial charge >= 0.3 is 0 Å². The number of hydrogen-bond acceptors (Lipinski definition) is 4. The van der Waals surface area contributed by atoms with E-state index in [1.165, 1.54) is 25.8 Å². The van der Waals surface area contributed by atoms with E-state index >= 15 is 0 Å². The third-order valence-corrected chi connectivity index (χ3v) is 4.64. The lowest BCUT2D eigenvalue weighted by molar-refractivity contribution is -0.136. The molecule has 1 aromatic heterocycles. The van der Waals surface area contributed by atoms with Gasteiger partial charge in [-0.25, -0.2) is 4.68 Å². The van der Waals surface area contributed by atoms with Crippen LogP contribution in [0.3, 0.4) is 0 Å². The van der Waals surface area contributed by atoms with E-state index in [1.807, 2.05) is 4.90 Å². The number of carbonyl (C=O) groups is 1. The van der Waals surface area contributed by atoms with Crippen molar-refractivity contribution in [3.05, 3.63) is 12.4 Å². The van der Waals surface area contributed by atoms with Gasteiger partial charge in [0.2, 0.25) is 5.91 Å². The van der Waals surface area contributed by atoms with Crippen molar-refractivity contribution < 1.29 is 4.79 Å². The van der Waals surface area contributed by atoms with Crippen molar-refractivity contribution >= 4 is 5.91 Å². The molecular formula is C14H23N5O. The molecule has 0 aromatic carbocycles.